The molecule has 37 heavy (non-hydrogen) atoms. The maximum Gasteiger partial charge on any atom is 0.293 e. The number of methoxy groups -OCH3 is 1. The first kappa shape index (κ1) is 24.7. The molecule has 2 aromatic heterocycles. The standard InChI is InChI=1S/C28H22BrN3O4S/c1-15-12-20-25(13-16(15)2)36-27(30-20)18-6-9-23(34-3)21(14-18)31-28(37)32-26(33)24-11-10-22(35-24)17-4-7-19(29)8-5-17/h4-14H,1-3H3,(H2,31,32,33,37). The molecule has 0 aliphatic carbocycles. The molecule has 186 valence electrons. The second-order valence-corrected chi connectivity index (χ2v) is 9.74. The molecule has 0 unspecified atom stereocenters. The minimum absolute atomic E-state index is 0.0888. The van der Waals surface area contributed by atoms with Gasteiger partial charge in [-0.05, 0) is 91.8 Å². The highest BCUT2D eigenvalue weighted by atomic mass is 79.9. The molecule has 0 aliphatic heterocycles. The fourth-order valence-electron chi connectivity index (χ4n) is 3.79. The van der Waals surface area contributed by atoms with E-state index in [0.29, 0.717) is 28.7 Å². The van der Waals surface area contributed by atoms with E-state index in [2.05, 4.69) is 31.5 Å². The molecule has 7 nitrogen and oxygen atoms in total. The molecule has 2 N–H and O–H groups in total. The van der Waals surface area contributed by atoms with Gasteiger partial charge in [0.1, 0.15) is 17.0 Å². The summed E-state index contributed by atoms with van der Waals surface area (Å²) in [5.41, 5.74) is 5.91. The summed E-state index contributed by atoms with van der Waals surface area (Å²) in [6.07, 6.45) is 0. The van der Waals surface area contributed by atoms with Gasteiger partial charge in [0.05, 0.1) is 12.8 Å². The molecule has 2 heterocycles. The van der Waals surface area contributed by atoms with Crippen molar-refractivity contribution in [3.8, 4) is 28.5 Å². The van der Waals surface area contributed by atoms with E-state index in [1.165, 1.54) is 0 Å². The van der Waals surface area contributed by atoms with E-state index in [1.54, 1.807) is 31.4 Å². The lowest BCUT2D eigenvalue weighted by atomic mass is 10.1. The van der Waals surface area contributed by atoms with Gasteiger partial charge in [0.25, 0.3) is 5.91 Å². The highest BCUT2D eigenvalue weighted by molar-refractivity contribution is 9.10. The first-order valence-corrected chi connectivity index (χ1v) is 12.5. The smallest absolute Gasteiger partial charge is 0.293 e. The summed E-state index contributed by atoms with van der Waals surface area (Å²) >= 11 is 8.80. The average molecular weight is 576 g/mol. The minimum Gasteiger partial charge on any atom is -0.495 e. The minimum atomic E-state index is -0.472. The molecule has 0 aliphatic rings. The molecule has 0 bridgehead atoms. The number of nitrogens with zero attached hydrogens (tertiary/aromatic N) is 1. The van der Waals surface area contributed by atoms with Crippen LogP contribution in [0.15, 0.2) is 80.0 Å². The molecule has 5 aromatic rings. The predicted molar refractivity (Wildman–Crippen MR) is 151 cm³/mol. The lowest BCUT2D eigenvalue weighted by Gasteiger charge is -2.13. The van der Waals surface area contributed by atoms with Crippen molar-refractivity contribution in [3.63, 3.8) is 0 Å². The van der Waals surface area contributed by atoms with Gasteiger partial charge in [-0.2, -0.15) is 0 Å². The third-order valence-electron chi connectivity index (χ3n) is 5.88. The molecule has 3 aromatic carbocycles. The number of aromatic nitrogens is 1. The molecule has 0 saturated carbocycles. The number of carbonyl (C=O) groups excluding carboxylic acids is 1. The Labute approximate surface area is 227 Å². The van der Waals surface area contributed by atoms with Crippen molar-refractivity contribution < 1.29 is 18.4 Å². The van der Waals surface area contributed by atoms with Crippen LogP contribution in [-0.4, -0.2) is 23.1 Å². The van der Waals surface area contributed by atoms with Gasteiger partial charge in [0.15, 0.2) is 16.5 Å². The summed E-state index contributed by atoms with van der Waals surface area (Å²) < 4.78 is 18.2. The number of rotatable bonds is 5. The Kier molecular flexibility index (Phi) is 6.82. The first-order valence-electron chi connectivity index (χ1n) is 11.3. The van der Waals surface area contributed by atoms with Crippen molar-refractivity contribution in [1.82, 2.24) is 10.3 Å². The second-order valence-electron chi connectivity index (χ2n) is 8.42. The molecular formula is C28H22BrN3O4S. The monoisotopic (exact) mass is 575 g/mol. The molecule has 0 atom stereocenters. The molecular weight excluding hydrogens is 554 g/mol. The highest BCUT2D eigenvalue weighted by Gasteiger charge is 2.17. The zero-order valence-corrected chi connectivity index (χ0v) is 22.6. The van der Waals surface area contributed by atoms with Crippen LogP contribution < -0.4 is 15.4 Å². The zero-order chi connectivity index (χ0) is 26.1. The third kappa shape index (κ3) is 5.28. The molecule has 0 saturated heterocycles. The van der Waals surface area contributed by atoms with Gasteiger partial charge in [-0.3, -0.25) is 10.1 Å². The van der Waals surface area contributed by atoms with Crippen molar-refractivity contribution in [2.75, 3.05) is 12.4 Å². The van der Waals surface area contributed by atoms with Crippen LogP contribution in [0.2, 0.25) is 0 Å². The fraction of sp³-hybridized carbons (Fsp3) is 0.107. The topological polar surface area (TPSA) is 89.5 Å². The Balaban J connectivity index is 1.33. The number of furan rings is 1. The average Bonchev–Trinajstić information content (AvgIpc) is 3.52. The second kappa shape index (κ2) is 10.2. The summed E-state index contributed by atoms with van der Waals surface area (Å²) in [6, 6.07) is 20.4. The fourth-order valence-corrected chi connectivity index (χ4v) is 4.26. The number of hydrogen-bond donors (Lipinski definition) is 2. The van der Waals surface area contributed by atoms with Gasteiger partial charge in [-0.25, -0.2) is 4.98 Å². The van der Waals surface area contributed by atoms with Crippen LogP contribution in [0.1, 0.15) is 21.7 Å². The molecule has 1 amide bonds. The summed E-state index contributed by atoms with van der Waals surface area (Å²) in [5, 5.41) is 5.76. The number of thiocarbonyl (C=S) groups is 1. The van der Waals surface area contributed by atoms with Crippen molar-refractivity contribution in [2.24, 2.45) is 0 Å². The summed E-state index contributed by atoms with van der Waals surface area (Å²) in [6.45, 7) is 4.07. The summed E-state index contributed by atoms with van der Waals surface area (Å²) in [7, 11) is 1.55. The number of anilines is 1. The zero-order valence-electron chi connectivity index (χ0n) is 20.2. The van der Waals surface area contributed by atoms with Crippen LogP contribution in [0.3, 0.4) is 0 Å². The number of fused-ring (bicyclic) bond motifs is 1. The van der Waals surface area contributed by atoms with Gasteiger partial charge < -0.3 is 18.9 Å². The van der Waals surface area contributed by atoms with Crippen LogP contribution >= 0.6 is 28.1 Å². The normalized spacial score (nSPS) is 10.9. The molecule has 0 fully saturated rings. The Morgan fingerprint density at radius 1 is 0.946 bits per heavy atom. The largest absolute Gasteiger partial charge is 0.495 e. The number of amides is 1. The number of halogens is 1. The van der Waals surface area contributed by atoms with E-state index in [0.717, 1.165) is 32.2 Å². The Morgan fingerprint density at radius 2 is 1.68 bits per heavy atom. The maximum atomic E-state index is 12.7. The van der Waals surface area contributed by atoms with Crippen LogP contribution in [-0.2, 0) is 0 Å². The lowest BCUT2D eigenvalue weighted by molar-refractivity contribution is 0.0951. The molecule has 0 spiro atoms. The number of hydrogen-bond acceptors (Lipinski definition) is 6. The van der Waals surface area contributed by atoms with Crippen molar-refractivity contribution in [2.45, 2.75) is 13.8 Å². The van der Waals surface area contributed by atoms with Crippen LogP contribution in [0, 0.1) is 13.8 Å². The number of oxazole rings is 1. The number of benzene rings is 3. The van der Waals surface area contributed by atoms with E-state index in [4.69, 9.17) is 25.8 Å². The molecule has 9 heteroatoms. The lowest BCUT2D eigenvalue weighted by Crippen LogP contribution is -2.34. The number of aryl methyl sites for hydroxylation is 2. The van der Waals surface area contributed by atoms with Gasteiger partial charge in [0.2, 0.25) is 5.89 Å². The Bertz CT molecular complexity index is 1600. The molecule has 0 radical (unpaired) electrons. The van der Waals surface area contributed by atoms with E-state index in [1.807, 2.05) is 56.3 Å². The summed E-state index contributed by atoms with van der Waals surface area (Å²) in [5.74, 6) is 1.26. The van der Waals surface area contributed by atoms with Crippen LogP contribution in [0.25, 0.3) is 33.9 Å². The quantitative estimate of drug-likeness (QED) is 0.213. The van der Waals surface area contributed by atoms with E-state index < -0.39 is 5.91 Å². The Hall–Kier alpha value is -3.95. The van der Waals surface area contributed by atoms with Gasteiger partial charge in [-0.1, -0.05) is 28.1 Å². The first-order chi connectivity index (χ1) is 17.8. The number of nitrogens with one attached hydrogen (secondary N) is 2. The Morgan fingerprint density at radius 3 is 2.43 bits per heavy atom. The third-order valence-corrected chi connectivity index (χ3v) is 6.62. The number of carbonyl (C=O) groups is 1. The van der Waals surface area contributed by atoms with Crippen molar-refractivity contribution >= 4 is 56.0 Å². The molecule has 5 rings (SSSR count). The highest BCUT2D eigenvalue weighted by Crippen LogP contribution is 2.32. The van der Waals surface area contributed by atoms with E-state index in [9.17, 15) is 4.79 Å². The predicted octanol–water partition coefficient (Wildman–Crippen LogP) is 7.27. The van der Waals surface area contributed by atoms with Gasteiger partial charge in [-0.15, -0.1) is 0 Å². The van der Waals surface area contributed by atoms with Crippen LogP contribution in [0.5, 0.6) is 5.75 Å². The van der Waals surface area contributed by atoms with E-state index in [-0.39, 0.29) is 10.9 Å². The summed E-state index contributed by atoms with van der Waals surface area (Å²) in [4.78, 5) is 17.4. The van der Waals surface area contributed by atoms with Crippen molar-refractivity contribution in [3.05, 3.63) is 88.1 Å². The van der Waals surface area contributed by atoms with E-state index >= 15 is 0 Å². The SMILES string of the molecule is COc1ccc(-c2nc3cc(C)c(C)cc3o2)cc1NC(=S)NC(=O)c1ccc(-c2ccc(Br)cc2)o1. The van der Waals surface area contributed by atoms with Gasteiger partial charge in [0, 0.05) is 15.6 Å². The maximum absolute atomic E-state index is 12.7. The number of ether oxygens (including phenoxy) is 1. The van der Waals surface area contributed by atoms with Crippen LogP contribution in [0.4, 0.5) is 5.69 Å². The van der Waals surface area contributed by atoms with Gasteiger partial charge >= 0.3 is 0 Å². The van der Waals surface area contributed by atoms with Crippen molar-refractivity contribution in [1.29, 1.82) is 0 Å².